The Labute approximate surface area is 297 Å². The van der Waals surface area contributed by atoms with Crippen LogP contribution in [-0.4, -0.2) is 59.0 Å². The monoisotopic (exact) mass is 786 g/mol. The highest BCUT2D eigenvalue weighted by atomic mass is 35.5. The Bertz CT molecular complexity index is 2080. The van der Waals surface area contributed by atoms with E-state index in [1.54, 1.807) is 9.36 Å². The first-order valence-corrected chi connectivity index (χ1v) is 17.0. The number of aromatic nitrogens is 5. The van der Waals surface area contributed by atoms with Gasteiger partial charge in [0.25, 0.3) is 0 Å². The van der Waals surface area contributed by atoms with E-state index in [0.717, 1.165) is 61.1 Å². The maximum atomic E-state index is 14.3. The van der Waals surface area contributed by atoms with Gasteiger partial charge in [-0.05, 0) is 60.9 Å². The fraction of sp³-hybridized carbons (Fsp3) is 0.357. The fourth-order valence-corrected chi connectivity index (χ4v) is 6.85. The SMILES string of the molecule is COC(=O)CSc1cc(N=c2sc(=O)n3n2CCCC3)c(F)cc1Cl.Cc1nn(-c2cc(CC(Cl)C(=O)O)c(Cl)cc2F)c(=O)n1C(F)F. The highest BCUT2D eigenvalue weighted by Crippen LogP contribution is 2.33. The third-order valence-corrected chi connectivity index (χ3v) is 9.89. The first kappa shape index (κ1) is 38.2. The predicted octanol–water partition coefficient (Wildman–Crippen LogP) is 5.56. The number of esters is 1. The van der Waals surface area contributed by atoms with Crippen LogP contribution in [0.25, 0.3) is 5.69 Å². The number of halogens is 7. The average molecular weight is 788 g/mol. The van der Waals surface area contributed by atoms with Gasteiger partial charge in [-0.1, -0.05) is 23.2 Å². The molecule has 0 spiro atoms. The largest absolute Gasteiger partial charge is 0.480 e. The molecule has 0 saturated carbocycles. The molecule has 0 saturated heterocycles. The second kappa shape index (κ2) is 16.4. The van der Waals surface area contributed by atoms with Gasteiger partial charge in [-0.15, -0.1) is 28.5 Å². The van der Waals surface area contributed by atoms with Gasteiger partial charge in [0.2, 0.25) is 4.80 Å². The molecule has 5 rings (SSSR count). The number of rotatable bonds is 9. The molecule has 264 valence electrons. The van der Waals surface area contributed by atoms with Gasteiger partial charge in [-0.2, -0.15) is 13.5 Å². The van der Waals surface area contributed by atoms with E-state index in [0.29, 0.717) is 27.5 Å². The van der Waals surface area contributed by atoms with Crippen LogP contribution in [0, 0.1) is 18.6 Å². The van der Waals surface area contributed by atoms with Crippen LogP contribution in [0.2, 0.25) is 10.0 Å². The molecule has 1 unspecified atom stereocenters. The van der Waals surface area contributed by atoms with Crippen molar-refractivity contribution in [3.63, 3.8) is 0 Å². The lowest BCUT2D eigenvalue weighted by atomic mass is 10.1. The lowest BCUT2D eigenvalue weighted by Crippen LogP contribution is -2.31. The van der Waals surface area contributed by atoms with Crippen LogP contribution in [-0.2, 0) is 33.8 Å². The zero-order valence-electron chi connectivity index (χ0n) is 25.3. The molecule has 2 aromatic heterocycles. The number of thioether (sulfide) groups is 1. The number of alkyl halides is 3. The summed E-state index contributed by atoms with van der Waals surface area (Å²) in [5, 5.41) is 11.2. The van der Waals surface area contributed by atoms with E-state index in [2.05, 4.69) is 14.8 Å². The Kier molecular flexibility index (Phi) is 12.8. The van der Waals surface area contributed by atoms with Crippen molar-refractivity contribution in [2.24, 2.45) is 4.99 Å². The minimum Gasteiger partial charge on any atom is -0.480 e. The second-order valence-electron chi connectivity index (χ2n) is 10.1. The molecule has 49 heavy (non-hydrogen) atoms. The summed E-state index contributed by atoms with van der Waals surface area (Å²) >= 11 is 19.6. The van der Waals surface area contributed by atoms with Crippen molar-refractivity contribution in [1.82, 2.24) is 23.7 Å². The van der Waals surface area contributed by atoms with Gasteiger partial charge in [-0.25, -0.2) is 27.8 Å². The number of aliphatic carboxylic acids is 1. The first-order chi connectivity index (χ1) is 23.1. The zero-order valence-corrected chi connectivity index (χ0v) is 29.2. The summed E-state index contributed by atoms with van der Waals surface area (Å²) in [4.78, 5) is 51.3. The second-order valence-corrected chi connectivity index (χ2v) is 13.4. The molecular formula is C28H25Cl3F4N6O6S2. The van der Waals surface area contributed by atoms with Gasteiger partial charge in [-0.3, -0.25) is 19.1 Å². The zero-order chi connectivity index (χ0) is 36.2. The number of hydrogen-bond acceptors (Lipinski definition) is 9. The summed E-state index contributed by atoms with van der Waals surface area (Å²) in [6.45, 7) is -0.650. The predicted molar refractivity (Wildman–Crippen MR) is 175 cm³/mol. The molecule has 1 aliphatic rings. The van der Waals surface area contributed by atoms with Crippen molar-refractivity contribution < 1.29 is 37.0 Å². The summed E-state index contributed by atoms with van der Waals surface area (Å²) in [5.41, 5.74) is -1.46. The molecule has 1 atom stereocenters. The van der Waals surface area contributed by atoms with Gasteiger partial charge < -0.3 is 9.84 Å². The van der Waals surface area contributed by atoms with Crippen molar-refractivity contribution in [2.75, 3.05) is 12.9 Å². The average Bonchev–Trinajstić information content (AvgIpc) is 3.53. The minimum absolute atomic E-state index is 0.0605. The van der Waals surface area contributed by atoms with Crippen LogP contribution in [0.15, 0.2) is 43.7 Å². The van der Waals surface area contributed by atoms with Crippen LogP contribution in [0.3, 0.4) is 0 Å². The Balaban J connectivity index is 0.000000221. The summed E-state index contributed by atoms with van der Waals surface area (Å²) in [7, 11) is 1.30. The molecule has 0 aliphatic carbocycles. The van der Waals surface area contributed by atoms with Crippen LogP contribution < -0.4 is 15.4 Å². The van der Waals surface area contributed by atoms with Gasteiger partial charge in [0.1, 0.15) is 28.4 Å². The maximum Gasteiger partial charge on any atom is 0.355 e. The van der Waals surface area contributed by atoms with Crippen molar-refractivity contribution in [1.29, 1.82) is 0 Å². The Morgan fingerprint density at radius 3 is 2.35 bits per heavy atom. The van der Waals surface area contributed by atoms with Gasteiger partial charge >= 0.3 is 29.1 Å². The lowest BCUT2D eigenvalue weighted by Gasteiger charge is -2.15. The molecule has 1 N–H and O–H groups in total. The van der Waals surface area contributed by atoms with E-state index in [9.17, 15) is 36.7 Å². The lowest BCUT2D eigenvalue weighted by molar-refractivity contribution is -0.138. The van der Waals surface area contributed by atoms with Crippen molar-refractivity contribution in [2.45, 2.75) is 56.1 Å². The molecule has 4 aromatic rings. The smallest absolute Gasteiger partial charge is 0.355 e. The number of hydrogen-bond donors (Lipinski definition) is 1. The number of methoxy groups -OCH3 is 1. The summed E-state index contributed by atoms with van der Waals surface area (Å²) < 4.78 is 62.6. The molecule has 0 fully saturated rings. The number of nitrogens with zero attached hydrogens (tertiary/aromatic N) is 6. The fourth-order valence-electron chi connectivity index (χ4n) is 4.47. The standard InChI is InChI=1S/C15H15ClFN3O3S2.C13H10Cl2F3N3O3/c1-23-13(21)8-24-12-7-11(10(17)6-9(12)16)18-14-19-4-2-3-5-20(19)15(22)25-14;1-5-19-21(13(24)20(5)12(17)18)10-3-6(2-8(15)11(22)23)7(14)4-9(10)16/h6-7H,2-5,8H2,1H3;3-4,8,12H,2H2,1H3,(H,22,23). The summed E-state index contributed by atoms with van der Waals surface area (Å²) in [6.07, 6.45) is 1.64. The number of carbonyl (C=O) groups excluding carboxylic acids is 1. The normalized spacial score (nSPS) is 13.6. The summed E-state index contributed by atoms with van der Waals surface area (Å²) in [5.74, 6) is -3.53. The van der Waals surface area contributed by atoms with E-state index in [1.165, 1.54) is 13.2 Å². The number of fused-ring (bicyclic) bond motifs is 1. The number of aryl methyl sites for hydroxylation is 1. The van der Waals surface area contributed by atoms with Gasteiger partial charge in [0.05, 0.1) is 17.9 Å². The molecule has 12 nitrogen and oxygen atoms in total. The number of carbonyl (C=O) groups is 2. The highest BCUT2D eigenvalue weighted by molar-refractivity contribution is 8.00. The number of ether oxygens (including phenoxy) is 1. The van der Waals surface area contributed by atoms with Gasteiger partial charge in [0, 0.05) is 29.4 Å². The minimum atomic E-state index is -3.14. The highest BCUT2D eigenvalue weighted by Gasteiger charge is 2.23. The van der Waals surface area contributed by atoms with Crippen molar-refractivity contribution in [3.8, 4) is 5.69 Å². The Morgan fingerprint density at radius 2 is 1.73 bits per heavy atom. The molecule has 2 aromatic carbocycles. The Hall–Kier alpha value is -3.58. The van der Waals surface area contributed by atoms with E-state index in [1.807, 2.05) is 0 Å². The number of carboxylic acids is 1. The molecule has 0 bridgehead atoms. The van der Waals surface area contributed by atoms with Crippen LogP contribution in [0.5, 0.6) is 0 Å². The molecule has 3 heterocycles. The van der Waals surface area contributed by atoms with Crippen LogP contribution in [0.1, 0.15) is 30.8 Å². The van der Waals surface area contributed by atoms with E-state index >= 15 is 0 Å². The summed E-state index contributed by atoms with van der Waals surface area (Å²) in [6, 6.07) is 4.53. The topological polar surface area (TPSA) is 143 Å². The maximum absolute atomic E-state index is 14.3. The third-order valence-electron chi connectivity index (χ3n) is 6.87. The molecule has 21 heteroatoms. The molecule has 0 radical (unpaired) electrons. The quantitative estimate of drug-likeness (QED) is 0.101. The van der Waals surface area contributed by atoms with E-state index in [4.69, 9.17) is 39.9 Å². The molecule has 0 amide bonds. The number of benzene rings is 2. The van der Waals surface area contributed by atoms with Crippen LogP contribution in [0.4, 0.5) is 23.2 Å². The van der Waals surface area contributed by atoms with E-state index in [-0.39, 0.29) is 48.7 Å². The molecular weight excluding hydrogens is 763 g/mol. The van der Waals surface area contributed by atoms with E-state index < -0.39 is 46.9 Å². The van der Waals surface area contributed by atoms with Crippen LogP contribution >= 0.6 is 57.9 Å². The van der Waals surface area contributed by atoms with Crippen molar-refractivity contribution >= 4 is 75.5 Å². The first-order valence-electron chi connectivity index (χ1n) is 14.0. The number of carboxylic acid groups (broad SMARTS) is 1. The Morgan fingerprint density at radius 1 is 1.08 bits per heavy atom. The third kappa shape index (κ3) is 8.97. The molecule has 1 aliphatic heterocycles. The van der Waals surface area contributed by atoms with Crippen molar-refractivity contribution in [3.05, 3.63) is 82.3 Å². The van der Waals surface area contributed by atoms with Gasteiger partial charge in [0.15, 0.2) is 5.82 Å².